The Kier molecular flexibility index (Phi) is 5.69. The zero-order valence-electron chi connectivity index (χ0n) is 15.9. The zero-order chi connectivity index (χ0) is 19.4. The highest BCUT2D eigenvalue weighted by Gasteiger charge is 2.30. The second-order valence-corrected chi connectivity index (χ2v) is 6.96. The van der Waals surface area contributed by atoms with Gasteiger partial charge in [0.15, 0.2) is 0 Å². The summed E-state index contributed by atoms with van der Waals surface area (Å²) >= 11 is 0. The van der Waals surface area contributed by atoms with E-state index >= 15 is 0 Å². The molecule has 1 fully saturated rings. The molecule has 1 amide bonds. The molecule has 1 saturated carbocycles. The number of aromatic nitrogens is 2. The normalized spacial score (nSPS) is 16.2. The van der Waals surface area contributed by atoms with Crippen molar-refractivity contribution in [2.24, 2.45) is 5.92 Å². The van der Waals surface area contributed by atoms with E-state index in [9.17, 15) is 4.79 Å². The lowest BCUT2D eigenvalue weighted by molar-refractivity contribution is -0.122. The van der Waals surface area contributed by atoms with Gasteiger partial charge in [0.05, 0.1) is 11.7 Å². The van der Waals surface area contributed by atoms with Gasteiger partial charge in [-0.05, 0) is 56.0 Å². The lowest BCUT2D eigenvalue weighted by atomic mass is 10.0. The molecule has 1 aliphatic rings. The molecule has 0 radical (unpaired) electrons. The van der Waals surface area contributed by atoms with Crippen LogP contribution in [0.2, 0.25) is 0 Å². The number of nitrogens with zero attached hydrogens (tertiary/aromatic N) is 2. The molecule has 1 atom stereocenters. The Morgan fingerprint density at radius 3 is 2.89 bits per heavy atom. The number of anilines is 1. The number of rotatable bonds is 6. The van der Waals surface area contributed by atoms with Gasteiger partial charge < -0.3 is 11.1 Å². The Labute approximate surface area is 159 Å². The predicted octanol–water partition coefficient (Wildman–Crippen LogP) is 2.09. The second-order valence-electron chi connectivity index (χ2n) is 6.96. The lowest BCUT2D eigenvalue weighted by Crippen LogP contribution is -2.38. The molecule has 3 rings (SSSR count). The largest absolute Gasteiger partial charge is 0.383 e. The quantitative estimate of drug-likeness (QED) is 0.771. The minimum Gasteiger partial charge on any atom is -0.383 e. The molecule has 0 saturated heterocycles. The van der Waals surface area contributed by atoms with Crippen LogP contribution in [0.15, 0.2) is 37.2 Å². The Morgan fingerprint density at radius 1 is 1.48 bits per heavy atom. The summed E-state index contributed by atoms with van der Waals surface area (Å²) in [6.45, 7) is 7.78. The molecule has 2 aromatic heterocycles. The molecular formula is C22H26N4O. The summed E-state index contributed by atoms with van der Waals surface area (Å²) in [5, 5.41) is 4.94. The van der Waals surface area contributed by atoms with E-state index in [1.165, 1.54) is 0 Å². The third kappa shape index (κ3) is 4.42. The summed E-state index contributed by atoms with van der Waals surface area (Å²) in [6.07, 6.45) is 12.0. The van der Waals surface area contributed by atoms with Crippen LogP contribution in [0.5, 0.6) is 0 Å². The second kappa shape index (κ2) is 8.16. The van der Waals surface area contributed by atoms with Crippen molar-refractivity contribution in [2.45, 2.75) is 39.2 Å². The molecular weight excluding hydrogens is 336 g/mol. The molecule has 5 nitrogen and oxygen atoms in total. The molecule has 27 heavy (non-hydrogen) atoms. The van der Waals surface area contributed by atoms with Gasteiger partial charge in [-0.15, -0.1) is 6.58 Å². The minimum absolute atomic E-state index is 0.116. The molecule has 140 valence electrons. The number of amides is 1. The summed E-state index contributed by atoms with van der Waals surface area (Å²) in [5.74, 6) is 0.750. The smallest absolute Gasteiger partial charge is 0.223 e. The van der Waals surface area contributed by atoms with Crippen molar-refractivity contribution in [3.05, 3.63) is 53.2 Å². The Hall–Kier alpha value is -2.95. The fourth-order valence-electron chi connectivity index (χ4n) is 3.13. The summed E-state index contributed by atoms with van der Waals surface area (Å²) in [7, 11) is 0. The van der Waals surface area contributed by atoms with E-state index in [1.807, 2.05) is 44.2 Å². The van der Waals surface area contributed by atoms with Gasteiger partial charge >= 0.3 is 0 Å². The van der Waals surface area contributed by atoms with Crippen molar-refractivity contribution in [2.75, 3.05) is 5.73 Å². The summed E-state index contributed by atoms with van der Waals surface area (Å²) in [6, 6.07) is 3.83. The fourth-order valence-corrected chi connectivity index (χ4v) is 3.13. The van der Waals surface area contributed by atoms with Crippen LogP contribution < -0.4 is 21.5 Å². The van der Waals surface area contributed by atoms with Crippen molar-refractivity contribution in [3.8, 4) is 11.3 Å². The standard InChI is InChI=1S/C22H26N4O/c1-4-6-17(25-22(27)15-7-8-15)11-16-12-20(26-21(23)18(16)5-2)19-13-24-10-9-14(19)3/h4-5,9-13,15,17H,1,6-8H2,2-3H3,(H2,23,26)(H,25,27)/b16-11-,18-5+. The van der Waals surface area contributed by atoms with Crippen molar-refractivity contribution < 1.29 is 4.79 Å². The number of carbonyl (C=O) groups excluding carboxylic acids is 1. The molecule has 1 unspecified atom stereocenters. The molecule has 3 N–H and O–H groups in total. The molecule has 2 heterocycles. The Bertz CT molecular complexity index is 976. The molecule has 0 aliphatic heterocycles. The van der Waals surface area contributed by atoms with Gasteiger partial charge in [-0.3, -0.25) is 9.78 Å². The highest BCUT2D eigenvalue weighted by atomic mass is 16.2. The number of hydrogen-bond acceptors (Lipinski definition) is 4. The predicted molar refractivity (Wildman–Crippen MR) is 110 cm³/mol. The highest BCUT2D eigenvalue weighted by molar-refractivity contribution is 5.82. The third-order valence-corrected chi connectivity index (χ3v) is 4.80. The summed E-state index contributed by atoms with van der Waals surface area (Å²) in [4.78, 5) is 21.0. The van der Waals surface area contributed by atoms with E-state index in [2.05, 4.69) is 21.9 Å². The van der Waals surface area contributed by atoms with Crippen LogP contribution in [0.1, 0.15) is 31.7 Å². The third-order valence-electron chi connectivity index (χ3n) is 4.80. The van der Waals surface area contributed by atoms with Gasteiger partial charge in [0, 0.05) is 29.1 Å². The number of nitrogens with two attached hydrogens (primary N) is 1. The molecule has 5 heteroatoms. The van der Waals surface area contributed by atoms with E-state index < -0.39 is 0 Å². The van der Waals surface area contributed by atoms with Gasteiger partial charge in [0.2, 0.25) is 5.91 Å². The first-order valence-corrected chi connectivity index (χ1v) is 9.30. The maximum atomic E-state index is 12.2. The fraction of sp³-hybridized carbons (Fsp3) is 0.318. The average molecular weight is 362 g/mol. The van der Waals surface area contributed by atoms with Gasteiger partial charge in [-0.1, -0.05) is 18.2 Å². The topological polar surface area (TPSA) is 80.9 Å². The van der Waals surface area contributed by atoms with Crippen molar-refractivity contribution in [3.63, 3.8) is 0 Å². The van der Waals surface area contributed by atoms with Gasteiger partial charge in [-0.25, -0.2) is 4.98 Å². The van der Waals surface area contributed by atoms with Crippen LogP contribution in [0.4, 0.5) is 5.82 Å². The van der Waals surface area contributed by atoms with E-state index in [0.717, 1.165) is 40.1 Å². The van der Waals surface area contributed by atoms with Gasteiger partial charge in [-0.2, -0.15) is 0 Å². The molecule has 0 bridgehead atoms. The van der Waals surface area contributed by atoms with Crippen LogP contribution in [0.25, 0.3) is 23.4 Å². The number of nitrogen functional groups attached to an aromatic ring is 1. The van der Waals surface area contributed by atoms with Crippen molar-refractivity contribution >= 4 is 23.9 Å². The first-order chi connectivity index (χ1) is 13.0. The zero-order valence-corrected chi connectivity index (χ0v) is 15.9. The number of aryl methyl sites for hydroxylation is 1. The van der Waals surface area contributed by atoms with E-state index in [4.69, 9.17) is 5.73 Å². The Morgan fingerprint density at radius 2 is 2.26 bits per heavy atom. The lowest BCUT2D eigenvalue weighted by Gasteiger charge is -2.14. The van der Waals surface area contributed by atoms with Crippen LogP contribution in [0, 0.1) is 12.8 Å². The number of pyridine rings is 2. The number of nitrogens with one attached hydrogen (secondary N) is 1. The van der Waals surface area contributed by atoms with Crippen molar-refractivity contribution in [1.29, 1.82) is 0 Å². The minimum atomic E-state index is -0.126. The number of carbonyl (C=O) groups is 1. The molecule has 0 aromatic carbocycles. The van der Waals surface area contributed by atoms with E-state index in [1.54, 1.807) is 12.4 Å². The first-order valence-electron chi connectivity index (χ1n) is 9.30. The maximum Gasteiger partial charge on any atom is 0.223 e. The average Bonchev–Trinajstić information content (AvgIpc) is 3.47. The van der Waals surface area contributed by atoms with Gasteiger partial charge in [0.1, 0.15) is 5.82 Å². The molecule has 2 aromatic rings. The monoisotopic (exact) mass is 362 g/mol. The Balaban J connectivity index is 2.08. The summed E-state index contributed by atoms with van der Waals surface area (Å²) < 4.78 is 0. The van der Waals surface area contributed by atoms with Crippen LogP contribution >= 0.6 is 0 Å². The van der Waals surface area contributed by atoms with E-state index in [-0.39, 0.29) is 17.9 Å². The van der Waals surface area contributed by atoms with Crippen molar-refractivity contribution in [1.82, 2.24) is 15.3 Å². The SMILES string of the molecule is C=CCC(/C=c1/cc(-c2cnccc2C)nc(N)/c1=C/C)NC(=O)C1CC1. The van der Waals surface area contributed by atoms with Crippen LogP contribution in [-0.4, -0.2) is 21.9 Å². The van der Waals surface area contributed by atoms with Gasteiger partial charge in [0.25, 0.3) is 0 Å². The maximum absolute atomic E-state index is 12.2. The first kappa shape index (κ1) is 18.8. The molecule has 0 spiro atoms. The van der Waals surface area contributed by atoms with Crippen LogP contribution in [0.3, 0.4) is 0 Å². The van der Waals surface area contributed by atoms with Crippen LogP contribution in [-0.2, 0) is 4.79 Å². The molecule has 1 aliphatic carbocycles. The highest BCUT2D eigenvalue weighted by Crippen LogP contribution is 2.29. The number of hydrogen-bond donors (Lipinski definition) is 2. The summed E-state index contributed by atoms with van der Waals surface area (Å²) in [5.41, 5.74) is 9.05. The van der Waals surface area contributed by atoms with E-state index in [0.29, 0.717) is 12.2 Å².